The van der Waals surface area contributed by atoms with Crippen molar-refractivity contribution < 1.29 is 19.2 Å². The molecule has 3 aliphatic heterocycles. The third-order valence-corrected chi connectivity index (χ3v) is 5.24. The molecule has 0 aliphatic carbocycles. The van der Waals surface area contributed by atoms with Crippen LogP contribution in [0.4, 0.5) is 0 Å². The maximum Gasteiger partial charge on any atom is 0.262 e. The number of nitrogens with zero attached hydrogens (tertiary/aromatic N) is 2. The molecule has 7 nitrogen and oxygen atoms in total. The second kappa shape index (κ2) is 5.49. The standard InChI is InChI=1S/C18H19N3O4/c1-9(2)20-7-10-5-12-13(6-11(10)8-20)18(25)21(17(12)24)14-3-4-15(22)19-16(14)23/h5-6,9,14H,3-4,7-8H2,1-2H3,(H,19,22,23)/t14-/m0/s1. The summed E-state index contributed by atoms with van der Waals surface area (Å²) in [4.78, 5) is 52.2. The molecule has 0 aromatic heterocycles. The number of fused-ring (bicyclic) bond motifs is 2. The zero-order chi connectivity index (χ0) is 17.9. The fourth-order valence-electron chi connectivity index (χ4n) is 3.76. The minimum absolute atomic E-state index is 0.129. The molecule has 25 heavy (non-hydrogen) atoms. The minimum Gasteiger partial charge on any atom is -0.295 e. The summed E-state index contributed by atoms with van der Waals surface area (Å²) in [5.74, 6) is -1.84. The van der Waals surface area contributed by atoms with Crippen LogP contribution in [-0.4, -0.2) is 45.5 Å². The molecule has 130 valence electrons. The van der Waals surface area contributed by atoms with E-state index >= 15 is 0 Å². The van der Waals surface area contributed by atoms with Gasteiger partial charge in [0.15, 0.2) is 0 Å². The molecule has 4 amide bonds. The highest BCUT2D eigenvalue weighted by atomic mass is 16.2. The maximum atomic E-state index is 12.8. The second-order valence-corrected chi connectivity index (χ2v) is 7.11. The van der Waals surface area contributed by atoms with E-state index in [-0.39, 0.29) is 18.7 Å². The van der Waals surface area contributed by atoms with Gasteiger partial charge in [0.2, 0.25) is 11.8 Å². The van der Waals surface area contributed by atoms with Crippen molar-refractivity contribution in [3.05, 3.63) is 34.4 Å². The molecule has 7 heteroatoms. The Labute approximate surface area is 145 Å². The van der Waals surface area contributed by atoms with E-state index < -0.39 is 23.8 Å². The summed E-state index contributed by atoms with van der Waals surface area (Å²) >= 11 is 0. The molecular weight excluding hydrogens is 322 g/mol. The Kier molecular flexibility index (Phi) is 3.50. The van der Waals surface area contributed by atoms with Gasteiger partial charge in [0.25, 0.3) is 11.8 Å². The number of rotatable bonds is 2. The van der Waals surface area contributed by atoms with E-state index in [1.54, 1.807) is 12.1 Å². The van der Waals surface area contributed by atoms with Gasteiger partial charge in [0, 0.05) is 25.6 Å². The van der Waals surface area contributed by atoms with Gasteiger partial charge in [-0.05, 0) is 43.5 Å². The highest BCUT2D eigenvalue weighted by molar-refractivity contribution is 6.23. The van der Waals surface area contributed by atoms with Crippen LogP contribution in [0.3, 0.4) is 0 Å². The maximum absolute atomic E-state index is 12.8. The van der Waals surface area contributed by atoms with E-state index in [1.807, 2.05) is 0 Å². The van der Waals surface area contributed by atoms with Gasteiger partial charge in [-0.15, -0.1) is 0 Å². The van der Waals surface area contributed by atoms with Crippen LogP contribution >= 0.6 is 0 Å². The summed E-state index contributed by atoms with van der Waals surface area (Å²) in [7, 11) is 0. The summed E-state index contributed by atoms with van der Waals surface area (Å²) in [6, 6.07) is 3.05. The normalized spacial score (nSPS) is 23.3. The largest absolute Gasteiger partial charge is 0.295 e. The Morgan fingerprint density at radius 3 is 2.04 bits per heavy atom. The van der Waals surface area contributed by atoms with Crippen molar-refractivity contribution in [3.63, 3.8) is 0 Å². The van der Waals surface area contributed by atoms with Crippen LogP contribution < -0.4 is 5.32 Å². The van der Waals surface area contributed by atoms with Crippen LogP contribution in [0.25, 0.3) is 0 Å². The number of hydrogen-bond acceptors (Lipinski definition) is 5. The Hall–Kier alpha value is -2.54. The van der Waals surface area contributed by atoms with Crippen LogP contribution in [0.1, 0.15) is 58.5 Å². The van der Waals surface area contributed by atoms with Crippen molar-refractivity contribution in [1.29, 1.82) is 0 Å². The predicted octanol–water partition coefficient (Wildman–Crippen LogP) is 0.812. The molecule has 1 fully saturated rings. The zero-order valence-corrected chi connectivity index (χ0v) is 14.2. The van der Waals surface area contributed by atoms with E-state index in [0.29, 0.717) is 17.2 Å². The fourth-order valence-corrected chi connectivity index (χ4v) is 3.76. The van der Waals surface area contributed by atoms with Gasteiger partial charge in [-0.1, -0.05) is 0 Å². The lowest BCUT2D eigenvalue weighted by atomic mass is 10.0. The van der Waals surface area contributed by atoms with Crippen LogP contribution in [-0.2, 0) is 22.7 Å². The molecule has 0 spiro atoms. The van der Waals surface area contributed by atoms with Gasteiger partial charge in [-0.2, -0.15) is 0 Å². The van der Waals surface area contributed by atoms with E-state index in [0.717, 1.165) is 29.1 Å². The predicted molar refractivity (Wildman–Crippen MR) is 87.5 cm³/mol. The second-order valence-electron chi connectivity index (χ2n) is 7.11. The SMILES string of the molecule is CC(C)N1Cc2cc3c(cc2C1)C(=O)N([C@H]1CCC(=O)NC1=O)C3=O. The lowest BCUT2D eigenvalue weighted by molar-refractivity contribution is -0.136. The third-order valence-electron chi connectivity index (χ3n) is 5.24. The first-order valence-corrected chi connectivity index (χ1v) is 8.48. The van der Waals surface area contributed by atoms with Crippen LogP contribution in [0.5, 0.6) is 0 Å². The number of imide groups is 2. The fraction of sp³-hybridized carbons (Fsp3) is 0.444. The van der Waals surface area contributed by atoms with E-state index in [2.05, 4.69) is 24.1 Å². The highest BCUT2D eigenvalue weighted by Crippen LogP contribution is 2.33. The topological polar surface area (TPSA) is 86.8 Å². The number of carbonyl (C=O) groups is 4. The number of benzene rings is 1. The molecule has 1 saturated heterocycles. The molecular formula is C18H19N3O4. The quantitative estimate of drug-likeness (QED) is 0.805. The summed E-state index contributed by atoms with van der Waals surface area (Å²) in [6.45, 7) is 5.72. The Morgan fingerprint density at radius 2 is 1.56 bits per heavy atom. The molecule has 0 bridgehead atoms. The molecule has 1 aromatic carbocycles. The monoisotopic (exact) mass is 341 g/mol. The first-order valence-electron chi connectivity index (χ1n) is 8.48. The summed E-state index contributed by atoms with van der Waals surface area (Å²) in [5, 5.41) is 2.21. The van der Waals surface area contributed by atoms with Crippen LogP contribution in [0.2, 0.25) is 0 Å². The lowest BCUT2D eigenvalue weighted by Crippen LogP contribution is -2.54. The van der Waals surface area contributed by atoms with Crippen molar-refractivity contribution >= 4 is 23.6 Å². The minimum atomic E-state index is -0.910. The number of hydrogen-bond donors (Lipinski definition) is 1. The number of nitrogens with one attached hydrogen (secondary N) is 1. The van der Waals surface area contributed by atoms with Crippen molar-refractivity contribution in [2.24, 2.45) is 0 Å². The zero-order valence-electron chi connectivity index (χ0n) is 14.2. The number of carbonyl (C=O) groups excluding carboxylic acids is 4. The Morgan fingerprint density at radius 1 is 1.00 bits per heavy atom. The molecule has 0 saturated carbocycles. The summed E-state index contributed by atoms with van der Waals surface area (Å²) in [6.07, 6.45) is 0.306. The molecule has 1 N–H and O–H groups in total. The van der Waals surface area contributed by atoms with Crippen molar-refractivity contribution in [3.8, 4) is 0 Å². The first-order chi connectivity index (χ1) is 11.9. The van der Waals surface area contributed by atoms with Gasteiger partial charge < -0.3 is 0 Å². The van der Waals surface area contributed by atoms with Crippen LogP contribution in [0, 0.1) is 0 Å². The van der Waals surface area contributed by atoms with Gasteiger partial charge in [-0.3, -0.25) is 34.3 Å². The Balaban J connectivity index is 1.66. The average Bonchev–Trinajstić information content (AvgIpc) is 3.07. The molecule has 1 atom stereocenters. The van der Waals surface area contributed by atoms with E-state index in [9.17, 15) is 19.2 Å². The molecule has 3 heterocycles. The van der Waals surface area contributed by atoms with E-state index in [1.165, 1.54) is 0 Å². The average molecular weight is 341 g/mol. The smallest absolute Gasteiger partial charge is 0.262 e. The van der Waals surface area contributed by atoms with Crippen molar-refractivity contribution in [1.82, 2.24) is 15.1 Å². The molecule has 4 rings (SSSR count). The number of amides is 4. The highest BCUT2D eigenvalue weighted by Gasteiger charge is 2.45. The molecule has 0 radical (unpaired) electrons. The van der Waals surface area contributed by atoms with Crippen LogP contribution in [0.15, 0.2) is 12.1 Å². The van der Waals surface area contributed by atoms with Gasteiger partial charge in [0.1, 0.15) is 6.04 Å². The van der Waals surface area contributed by atoms with Gasteiger partial charge >= 0.3 is 0 Å². The molecule has 1 aromatic rings. The Bertz CT molecular complexity index is 785. The molecule has 0 unspecified atom stereocenters. The van der Waals surface area contributed by atoms with Crippen molar-refractivity contribution in [2.45, 2.75) is 51.9 Å². The van der Waals surface area contributed by atoms with E-state index in [4.69, 9.17) is 0 Å². The number of piperidine rings is 1. The van der Waals surface area contributed by atoms with Gasteiger partial charge in [0.05, 0.1) is 11.1 Å². The summed E-state index contributed by atoms with van der Waals surface area (Å²) in [5.41, 5.74) is 2.83. The first kappa shape index (κ1) is 16.0. The third kappa shape index (κ3) is 2.38. The lowest BCUT2D eigenvalue weighted by Gasteiger charge is -2.27. The summed E-state index contributed by atoms with van der Waals surface area (Å²) < 4.78 is 0. The van der Waals surface area contributed by atoms with Gasteiger partial charge in [-0.25, -0.2) is 0 Å². The van der Waals surface area contributed by atoms with Crippen molar-refractivity contribution in [2.75, 3.05) is 0 Å². The molecule has 3 aliphatic rings.